The minimum Gasteiger partial charge on any atom is -0.290 e. The molecule has 1 saturated carbocycles. The van der Waals surface area contributed by atoms with Gasteiger partial charge in [-0.15, -0.1) is 0 Å². The first-order valence-corrected chi connectivity index (χ1v) is 4.44. The van der Waals surface area contributed by atoms with Gasteiger partial charge in [-0.2, -0.15) is 0 Å². The van der Waals surface area contributed by atoms with E-state index in [9.17, 15) is 9.18 Å². The number of hydrogen-bond donors (Lipinski definition) is 0. The first-order chi connectivity index (χ1) is 6.15. The lowest BCUT2D eigenvalue weighted by Gasteiger charge is -2.26. The van der Waals surface area contributed by atoms with Gasteiger partial charge in [0.05, 0.1) is 5.41 Å². The highest BCUT2D eigenvalue weighted by Crippen LogP contribution is 2.50. The zero-order chi connectivity index (χ0) is 9.47. The van der Waals surface area contributed by atoms with E-state index in [0.29, 0.717) is 0 Å². The first-order valence-electron chi connectivity index (χ1n) is 4.44. The predicted molar refractivity (Wildman–Crippen MR) is 48.8 cm³/mol. The molecule has 1 unspecified atom stereocenters. The molecule has 1 nitrogen and oxygen atoms in total. The number of rotatable bonds is 0. The number of carbonyl (C=O) groups excluding carboxylic acids is 1. The smallest absolute Gasteiger partial charge is 0.180 e. The number of hydrogen-bond acceptors (Lipinski definition) is 1. The molecule has 2 rings (SSSR count). The molecule has 0 N–H and O–H groups in total. The van der Waals surface area contributed by atoms with Crippen molar-refractivity contribution < 1.29 is 9.18 Å². The van der Waals surface area contributed by atoms with E-state index in [1.165, 1.54) is 6.08 Å². The molecule has 2 aliphatic rings. The highest BCUT2D eigenvalue weighted by molar-refractivity contribution is 6.01. The van der Waals surface area contributed by atoms with Gasteiger partial charge in [-0.1, -0.05) is 18.2 Å². The van der Waals surface area contributed by atoms with E-state index in [2.05, 4.69) is 6.58 Å². The van der Waals surface area contributed by atoms with Crippen molar-refractivity contribution >= 4 is 5.78 Å². The summed E-state index contributed by atoms with van der Waals surface area (Å²) in [5.41, 5.74) is 0.262. The summed E-state index contributed by atoms with van der Waals surface area (Å²) in [4.78, 5) is 10.9. The number of allylic oxidation sites excluding steroid dienone is 5. The molecule has 1 spiro atoms. The molecule has 0 aromatic rings. The summed E-state index contributed by atoms with van der Waals surface area (Å²) in [6.07, 6.45) is 6.76. The molecule has 2 aliphatic carbocycles. The molecule has 0 saturated heterocycles. The molecule has 0 bridgehead atoms. The molecule has 0 radical (unpaired) electrons. The van der Waals surface area contributed by atoms with E-state index in [0.717, 1.165) is 30.9 Å². The summed E-state index contributed by atoms with van der Waals surface area (Å²) >= 11 is 0. The van der Waals surface area contributed by atoms with Gasteiger partial charge in [0.2, 0.25) is 0 Å². The summed E-state index contributed by atoms with van der Waals surface area (Å²) < 4.78 is 13.6. The fourth-order valence-corrected chi connectivity index (χ4v) is 2.08. The van der Waals surface area contributed by atoms with Crippen molar-refractivity contribution in [3.8, 4) is 0 Å². The zero-order valence-electron chi connectivity index (χ0n) is 7.35. The Labute approximate surface area is 76.6 Å². The molecule has 0 aliphatic heterocycles. The van der Waals surface area contributed by atoms with Gasteiger partial charge in [0, 0.05) is 6.08 Å². The molecule has 0 aromatic heterocycles. The second-order valence-corrected chi connectivity index (χ2v) is 3.66. The molecule has 1 atom stereocenters. The molecule has 0 heterocycles. The monoisotopic (exact) mass is 178 g/mol. The highest BCUT2D eigenvalue weighted by Gasteiger charge is 2.40. The Morgan fingerprint density at radius 1 is 1.54 bits per heavy atom. The van der Waals surface area contributed by atoms with E-state index in [1.807, 2.05) is 0 Å². The fourth-order valence-electron chi connectivity index (χ4n) is 2.08. The van der Waals surface area contributed by atoms with Gasteiger partial charge in [-0.05, 0) is 25.3 Å². The summed E-state index contributed by atoms with van der Waals surface area (Å²) in [6.45, 7) is 3.86. The predicted octanol–water partition coefficient (Wildman–Crippen LogP) is 2.71. The average molecular weight is 178 g/mol. The highest BCUT2D eigenvalue weighted by atomic mass is 19.1. The lowest BCUT2D eigenvalue weighted by molar-refractivity contribution is -0.110. The minimum atomic E-state index is -0.631. The normalized spacial score (nSPS) is 32.8. The van der Waals surface area contributed by atoms with Gasteiger partial charge >= 0.3 is 0 Å². The Morgan fingerprint density at radius 3 is 2.85 bits per heavy atom. The maximum absolute atomic E-state index is 13.6. The van der Waals surface area contributed by atoms with E-state index < -0.39 is 5.41 Å². The minimum absolute atomic E-state index is 0.261. The lowest BCUT2D eigenvalue weighted by Crippen LogP contribution is -2.20. The molecule has 0 aromatic carbocycles. The topological polar surface area (TPSA) is 17.1 Å². The Balaban J connectivity index is 2.44. The van der Waals surface area contributed by atoms with Gasteiger partial charge in [0.1, 0.15) is 5.83 Å². The van der Waals surface area contributed by atoms with Crippen LogP contribution in [0.5, 0.6) is 0 Å². The zero-order valence-corrected chi connectivity index (χ0v) is 7.35. The molecular weight excluding hydrogens is 167 g/mol. The Kier molecular flexibility index (Phi) is 1.72. The third-order valence-electron chi connectivity index (χ3n) is 2.91. The maximum atomic E-state index is 13.6. The first kappa shape index (κ1) is 8.42. The molecule has 2 heteroatoms. The van der Waals surface area contributed by atoms with Crippen LogP contribution in [0.3, 0.4) is 0 Å². The van der Waals surface area contributed by atoms with Crippen LogP contribution in [-0.4, -0.2) is 5.78 Å². The van der Waals surface area contributed by atoms with E-state index in [-0.39, 0.29) is 11.6 Å². The van der Waals surface area contributed by atoms with Gasteiger partial charge in [0.15, 0.2) is 5.78 Å². The summed E-state index contributed by atoms with van der Waals surface area (Å²) in [5, 5.41) is 0. The van der Waals surface area contributed by atoms with Crippen LogP contribution in [0.2, 0.25) is 0 Å². The van der Waals surface area contributed by atoms with Gasteiger partial charge in [-0.25, -0.2) is 4.39 Å². The van der Waals surface area contributed by atoms with Crippen molar-refractivity contribution in [2.24, 2.45) is 5.41 Å². The van der Waals surface area contributed by atoms with Crippen LogP contribution in [0.25, 0.3) is 0 Å². The van der Waals surface area contributed by atoms with Gasteiger partial charge in [-0.3, -0.25) is 4.79 Å². The average Bonchev–Trinajstić information content (AvgIpc) is 2.43. The van der Waals surface area contributed by atoms with Crippen molar-refractivity contribution in [2.75, 3.05) is 0 Å². The summed E-state index contributed by atoms with van der Waals surface area (Å²) in [7, 11) is 0. The van der Waals surface area contributed by atoms with Crippen molar-refractivity contribution in [1.82, 2.24) is 0 Å². The van der Waals surface area contributed by atoms with Crippen molar-refractivity contribution in [3.63, 3.8) is 0 Å². The fraction of sp³-hybridized carbons (Fsp3) is 0.364. The van der Waals surface area contributed by atoms with Crippen LogP contribution >= 0.6 is 0 Å². The van der Waals surface area contributed by atoms with Crippen LogP contribution in [0.4, 0.5) is 4.39 Å². The second-order valence-electron chi connectivity index (χ2n) is 3.66. The molecule has 68 valence electrons. The SMILES string of the molecule is C=C1CCCC12C=CC(=O)C=C2F. The maximum Gasteiger partial charge on any atom is 0.180 e. The number of ketones is 1. The van der Waals surface area contributed by atoms with Crippen LogP contribution in [-0.2, 0) is 4.79 Å². The van der Waals surface area contributed by atoms with Crippen LogP contribution in [0, 0.1) is 5.41 Å². The summed E-state index contributed by atoms with van der Waals surface area (Å²) in [5.74, 6) is -0.592. The molecule has 1 fully saturated rings. The number of carbonyl (C=O) groups is 1. The van der Waals surface area contributed by atoms with Crippen molar-refractivity contribution in [1.29, 1.82) is 0 Å². The largest absolute Gasteiger partial charge is 0.290 e. The van der Waals surface area contributed by atoms with Crippen LogP contribution < -0.4 is 0 Å². The Morgan fingerprint density at radius 2 is 2.31 bits per heavy atom. The standard InChI is InChI=1S/C11H11FO/c1-8-3-2-5-11(8)6-4-9(13)7-10(11)12/h4,6-7H,1-3,5H2. The number of halogens is 1. The van der Waals surface area contributed by atoms with E-state index in [1.54, 1.807) is 6.08 Å². The molecule has 0 amide bonds. The quantitative estimate of drug-likeness (QED) is 0.521. The van der Waals surface area contributed by atoms with E-state index >= 15 is 0 Å². The Bertz CT molecular complexity index is 338. The van der Waals surface area contributed by atoms with E-state index in [4.69, 9.17) is 0 Å². The third-order valence-corrected chi connectivity index (χ3v) is 2.91. The lowest BCUT2D eigenvalue weighted by atomic mass is 9.78. The van der Waals surface area contributed by atoms with Gasteiger partial charge < -0.3 is 0 Å². The van der Waals surface area contributed by atoms with Crippen LogP contribution in [0.15, 0.2) is 36.2 Å². The Hall–Kier alpha value is -1.18. The third kappa shape index (κ3) is 1.09. The second kappa shape index (κ2) is 2.66. The summed E-state index contributed by atoms with van der Waals surface area (Å²) in [6, 6.07) is 0. The van der Waals surface area contributed by atoms with Gasteiger partial charge in [0.25, 0.3) is 0 Å². The van der Waals surface area contributed by atoms with Crippen LogP contribution in [0.1, 0.15) is 19.3 Å². The molecular formula is C11H11FO. The van der Waals surface area contributed by atoms with Crippen molar-refractivity contribution in [3.05, 3.63) is 36.2 Å². The van der Waals surface area contributed by atoms with Crippen molar-refractivity contribution in [2.45, 2.75) is 19.3 Å². The molecule has 13 heavy (non-hydrogen) atoms.